The van der Waals surface area contributed by atoms with Crippen LogP contribution in [0.3, 0.4) is 0 Å². The van der Waals surface area contributed by atoms with Crippen molar-refractivity contribution in [2.75, 3.05) is 0 Å². The molecule has 0 bridgehead atoms. The number of benzene rings is 4. The lowest BCUT2D eigenvalue weighted by molar-refractivity contribution is 1.20. The molecular weight excluding hydrogens is 458 g/mol. The van der Waals surface area contributed by atoms with E-state index in [4.69, 9.17) is 0 Å². The Morgan fingerprint density at radius 1 is 0.395 bits per heavy atom. The Balaban J connectivity index is 1.86. The summed E-state index contributed by atoms with van der Waals surface area (Å²) in [5, 5.41) is 5.94. The predicted octanol–water partition coefficient (Wildman–Crippen LogP) is 10.1. The van der Waals surface area contributed by atoms with Gasteiger partial charge in [-0.1, -0.05) is 6.07 Å². The monoisotopic (exact) mass is 497 g/mol. The highest BCUT2D eigenvalue weighted by molar-refractivity contribution is 6.28. The first kappa shape index (κ1) is 23.8. The number of hydrogen-bond donors (Lipinski definition) is 0. The molecule has 38 heavy (non-hydrogen) atoms. The summed E-state index contributed by atoms with van der Waals surface area (Å²) >= 11 is 0. The predicted molar refractivity (Wildman–Crippen MR) is 166 cm³/mol. The molecule has 6 aromatic rings. The molecule has 1 nitrogen and oxygen atoms in total. The zero-order valence-corrected chi connectivity index (χ0v) is 25.2. The van der Waals surface area contributed by atoms with Crippen LogP contribution in [0.15, 0.2) is 6.07 Å². The van der Waals surface area contributed by atoms with Gasteiger partial charge < -0.3 is 4.40 Å². The Morgan fingerprint density at radius 3 is 1.47 bits per heavy atom. The molecule has 1 aliphatic rings. The molecule has 1 aliphatic carbocycles. The van der Waals surface area contributed by atoms with E-state index in [0.29, 0.717) is 0 Å². The van der Waals surface area contributed by atoms with Crippen LogP contribution in [0.2, 0.25) is 0 Å². The SMILES string of the molecule is Cc1cc(C)c2c(c1C)-c1c(C)c(C)c3c(c1C2)c1c(C)c(C)c(C)c2c4c(C)c(C)c(C)c(C)c4n3c21. The number of aromatic nitrogens is 1. The lowest BCUT2D eigenvalue weighted by atomic mass is 9.86. The molecule has 0 unspecified atom stereocenters. The zero-order chi connectivity index (χ0) is 27.3. The summed E-state index contributed by atoms with van der Waals surface area (Å²) in [4.78, 5) is 0. The van der Waals surface area contributed by atoms with Crippen LogP contribution in [0.4, 0.5) is 0 Å². The molecular formula is C37H39N. The molecule has 4 aromatic carbocycles. The summed E-state index contributed by atoms with van der Waals surface area (Å²) in [5.41, 5.74) is 27.7. The molecule has 0 atom stereocenters. The Hall–Kier alpha value is -3.32. The third kappa shape index (κ3) is 2.41. The van der Waals surface area contributed by atoms with Gasteiger partial charge in [0, 0.05) is 21.5 Å². The maximum Gasteiger partial charge on any atom is 0.0626 e. The van der Waals surface area contributed by atoms with Crippen LogP contribution in [0, 0.1) is 83.1 Å². The Labute approximate surface area is 226 Å². The minimum atomic E-state index is 1.04. The van der Waals surface area contributed by atoms with E-state index in [1.54, 1.807) is 5.56 Å². The van der Waals surface area contributed by atoms with Crippen LogP contribution in [0.5, 0.6) is 0 Å². The van der Waals surface area contributed by atoms with Gasteiger partial charge in [0.15, 0.2) is 0 Å². The van der Waals surface area contributed by atoms with E-state index in [1.807, 2.05) is 0 Å². The quantitative estimate of drug-likeness (QED) is 0.196. The van der Waals surface area contributed by atoms with E-state index in [2.05, 4.69) is 93.6 Å². The normalized spacial score (nSPS) is 13.2. The fourth-order valence-corrected chi connectivity index (χ4v) is 8.18. The lowest BCUT2D eigenvalue weighted by Gasteiger charge is -2.18. The molecule has 192 valence electrons. The number of rotatable bonds is 0. The van der Waals surface area contributed by atoms with Gasteiger partial charge in [-0.2, -0.15) is 0 Å². The van der Waals surface area contributed by atoms with Gasteiger partial charge in [0.2, 0.25) is 0 Å². The van der Waals surface area contributed by atoms with Crippen LogP contribution in [0.25, 0.3) is 49.2 Å². The molecule has 0 saturated carbocycles. The molecule has 7 rings (SSSR count). The number of aryl methyl sites for hydroxylation is 7. The Bertz CT molecular complexity index is 2090. The maximum absolute atomic E-state index is 2.69. The fraction of sp³-hybridized carbons (Fsp3) is 0.351. The Morgan fingerprint density at radius 2 is 0.842 bits per heavy atom. The zero-order valence-electron chi connectivity index (χ0n) is 25.2. The largest absolute Gasteiger partial charge is 0.307 e. The minimum absolute atomic E-state index is 1.04. The van der Waals surface area contributed by atoms with E-state index < -0.39 is 0 Å². The lowest BCUT2D eigenvalue weighted by Crippen LogP contribution is -1.98. The molecule has 0 N–H and O–H groups in total. The van der Waals surface area contributed by atoms with E-state index >= 15 is 0 Å². The van der Waals surface area contributed by atoms with Crippen molar-refractivity contribution in [3.63, 3.8) is 0 Å². The highest BCUT2D eigenvalue weighted by atomic mass is 14.9. The van der Waals surface area contributed by atoms with Crippen molar-refractivity contribution in [2.45, 2.75) is 89.5 Å². The minimum Gasteiger partial charge on any atom is -0.307 e. The van der Waals surface area contributed by atoms with Crippen molar-refractivity contribution < 1.29 is 0 Å². The molecule has 0 fully saturated rings. The van der Waals surface area contributed by atoms with Gasteiger partial charge in [0.25, 0.3) is 0 Å². The highest BCUT2D eigenvalue weighted by Gasteiger charge is 2.33. The molecule has 0 aliphatic heterocycles. The van der Waals surface area contributed by atoms with Crippen molar-refractivity contribution in [2.24, 2.45) is 0 Å². The summed E-state index contributed by atoms with van der Waals surface area (Å²) in [6.45, 7) is 28.1. The van der Waals surface area contributed by atoms with Crippen molar-refractivity contribution in [1.29, 1.82) is 0 Å². The topological polar surface area (TPSA) is 4.41 Å². The van der Waals surface area contributed by atoms with Crippen molar-refractivity contribution in [3.8, 4) is 11.1 Å². The van der Waals surface area contributed by atoms with Crippen LogP contribution in [-0.4, -0.2) is 4.40 Å². The first-order valence-electron chi connectivity index (χ1n) is 14.2. The second-order valence-corrected chi connectivity index (χ2v) is 12.5. The summed E-state index contributed by atoms with van der Waals surface area (Å²) in [5.74, 6) is 0. The van der Waals surface area contributed by atoms with Crippen LogP contribution in [-0.2, 0) is 6.42 Å². The van der Waals surface area contributed by atoms with Crippen molar-refractivity contribution in [1.82, 2.24) is 4.40 Å². The maximum atomic E-state index is 2.69. The van der Waals surface area contributed by atoms with Gasteiger partial charge in [-0.05, 0) is 179 Å². The van der Waals surface area contributed by atoms with Gasteiger partial charge in [-0.15, -0.1) is 0 Å². The van der Waals surface area contributed by atoms with Crippen LogP contribution < -0.4 is 0 Å². The molecule has 0 radical (unpaired) electrons. The Kier molecular flexibility index (Phi) is 4.50. The van der Waals surface area contributed by atoms with Crippen LogP contribution in [0.1, 0.15) is 77.9 Å². The first-order valence-corrected chi connectivity index (χ1v) is 14.2. The van der Waals surface area contributed by atoms with Crippen molar-refractivity contribution >= 4 is 38.1 Å². The highest BCUT2D eigenvalue weighted by Crippen LogP contribution is 2.53. The standard InChI is InChI=1S/C37H39N/c1-15-13-16(2)27-14-28-30(29(27)17(15)3)24(10)26(12)36-34(28)33-23(9)20(6)22(8)32-31-21(7)18(4)19(5)25(11)35(31)38(36)37(32)33/h13H,14H2,1-12H3. The molecule has 2 heterocycles. The summed E-state index contributed by atoms with van der Waals surface area (Å²) in [6.07, 6.45) is 1.04. The molecule has 0 spiro atoms. The third-order valence-corrected chi connectivity index (χ3v) is 11.1. The fourth-order valence-electron chi connectivity index (χ4n) is 8.18. The second kappa shape index (κ2) is 7.20. The van der Waals surface area contributed by atoms with Crippen LogP contribution >= 0.6 is 0 Å². The van der Waals surface area contributed by atoms with Gasteiger partial charge in [0.05, 0.1) is 16.6 Å². The van der Waals surface area contributed by atoms with Gasteiger partial charge in [-0.3, -0.25) is 0 Å². The van der Waals surface area contributed by atoms with Gasteiger partial charge in [0.1, 0.15) is 0 Å². The number of nitrogens with zero attached hydrogens (tertiary/aromatic N) is 1. The number of fused-ring (bicyclic) bond motifs is 10. The van der Waals surface area contributed by atoms with Gasteiger partial charge >= 0.3 is 0 Å². The van der Waals surface area contributed by atoms with Crippen molar-refractivity contribution in [3.05, 3.63) is 84.0 Å². The average molecular weight is 498 g/mol. The van der Waals surface area contributed by atoms with Gasteiger partial charge in [-0.25, -0.2) is 0 Å². The smallest absolute Gasteiger partial charge is 0.0626 e. The van der Waals surface area contributed by atoms with E-state index in [9.17, 15) is 0 Å². The average Bonchev–Trinajstić information content (AvgIpc) is 3.54. The second-order valence-electron chi connectivity index (χ2n) is 12.5. The molecule has 0 amide bonds. The summed E-state index contributed by atoms with van der Waals surface area (Å²) in [7, 11) is 0. The molecule has 2 aromatic heterocycles. The number of hydrogen-bond acceptors (Lipinski definition) is 0. The summed E-state index contributed by atoms with van der Waals surface area (Å²) < 4.78 is 2.69. The van der Waals surface area contributed by atoms with E-state index in [0.717, 1.165) is 6.42 Å². The van der Waals surface area contributed by atoms with E-state index in [1.165, 1.54) is 122 Å². The molecule has 1 heteroatoms. The molecule has 0 saturated heterocycles. The third-order valence-electron chi connectivity index (χ3n) is 11.1. The van der Waals surface area contributed by atoms with E-state index in [-0.39, 0.29) is 0 Å². The summed E-state index contributed by atoms with van der Waals surface area (Å²) in [6, 6.07) is 2.40. The first-order chi connectivity index (χ1) is 17.9.